The van der Waals surface area contributed by atoms with Crippen molar-refractivity contribution in [3.63, 3.8) is 0 Å². The lowest BCUT2D eigenvalue weighted by molar-refractivity contribution is -0.148. The zero-order valence-electron chi connectivity index (χ0n) is 15.6. The maximum absolute atomic E-state index is 12.6. The van der Waals surface area contributed by atoms with E-state index in [0.717, 1.165) is 28.3 Å². The summed E-state index contributed by atoms with van der Waals surface area (Å²) < 4.78 is 5.24. The van der Waals surface area contributed by atoms with Crippen molar-refractivity contribution in [2.24, 2.45) is 0 Å². The number of amides is 3. The van der Waals surface area contributed by atoms with E-state index in [1.165, 1.54) is 16.9 Å². The highest BCUT2D eigenvalue weighted by Gasteiger charge is 2.52. The molecule has 2 aliphatic rings. The summed E-state index contributed by atoms with van der Waals surface area (Å²) in [7, 11) is 0. The van der Waals surface area contributed by atoms with Crippen LogP contribution in [0.5, 0.6) is 0 Å². The third-order valence-corrected chi connectivity index (χ3v) is 6.16. The van der Waals surface area contributed by atoms with Crippen molar-refractivity contribution < 1.29 is 19.1 Å². The average Bonchev–Trinajstić information content (AvgIpc) is 3.39. The lowest BCUT2D eigenvalue weighted by atomic mass is 9.98. The number of hydrogen-bond donors (Lipinski definition) is 1. The highest BCUT2D eigenvalue weighted by molar-refractivity contribution is 7.13. The monoisotopic (exact) mass is 399 g/mol. The number of ether oxygens (including phenoxy) is 1. The van der Waals surface area contributed by atoms with Crippen LogP contribution < -0.4 is 5.32 Å². The van der Waals surface area contributed by atoms with Gasteiger partial charge in [-0.2, -0.15) is 0 Å². The van der Waals surface area contributed by atoms with E-state index < -0.39 is 17.5 Å². The minimum Gasteiger partial charge on any atom is -0.458 e. The quantitative estimate of drug-likeness (QED) is 0.617. The molecule has 1 saturated heterocycles. The number of aryl methyl sites for hydroxylation is 1. The fourth-order valence-corrected chi connectivity index (χ4v) is 4.48. The second-order valence-corrected chi connectivity index (χ2v) is 8.14. The summed E-state index contributed by atoms with van der Waals surface area (Å²) >= 11 is 1.48. The molecular formula is C20H21N3O4S. The van der Waals surface area contributed by atoms with Crippen molar-refractivity contribution in [1.82, 2.24) is 15.2 Å². The van der Waals surface area contributed by atoms with Crippen molar-refractivity contribution in [2.45, 2.75) is 44.8 Å². The molecule has 1 N–H and O–H groups in total. The molecule has 0 radical (unpaired) electrons. The van der Waals surface area contributed by atoms with Crippen LogP contribution in [0.25, 0.3) is 10.6 Å². The Bertz CT molecular complexity index is 916. The molecule has 0 unspecified atom stereocenters. The predicted molar refractivity (Wildman–Crippen MR) is 104 cm³/mol. The van der Waals surface area contributed by atoms with E-state index in [0.29, 0.717) is 18.5 Å². The molecule has 0 bridgehead atoms. The number of carbonyl (C=O) groups excluding carboxylic acids is 3. The number of urea groups is 1. The van der Waals surface area contributed by atoms with Gasteiger partial charge in [0.1, 0.15) is 23.7 Å². The van der Waals surface area contributed by atoms with Crippen LogP contribution >= 0.6 is 11.3 Å². The summed E-state index contributed by atoms with van der Waals surface area (Å²) in [6, 6.07) is 7.53. The molecule has 1 saturated carbocycles. The molecule has 28 heavy (non-hydrogen) atoms. The maximum Gasteiger partial charge on any atom is 0.326 e. The van der Waals surface area contributed by atoms with Gasteiger partial charge < -0.3 is 10.1 Å². The molecule has 1 aromatic heterocycles. The Morgan fingerprint density at radius 2 is 1.96 bits per heavy atom. The highest BCUT2D eigenvalue weighted by atomic mass is 32.1. The van der Waals surface area contributed by atoms with Gasteiger partial charge in [-0.15, -0.1) is 11.3 Å². The first-order chi connectivity index (χ1) is 13.5. The summed E-state index contributed by atoms with van der Waals surface area (Å²) in [4.78, 5) is 42.3. The van der Waals surface area contributed by atoms with Gasteiger partial charge in [0, 0.05) is 10.9 Å². The van der Waals surface area contributed by atoms with E-state index >= 15 is 0 Å². The van der Waals surface area contributed by atoms with E-state index in [9.17, 15) is 14.4 Å². The smallest absolute Gasteiger partial charge is 0.326 e. The number of hydrogen-bond acceptors (Lipinski definition) is 6. The van der Waals surface area contributed by atoms with Gasteiger partial charge in [-0.25, -0.2) is 9.78 Å². The number of rotatable bonds is 5. The van der Waals surface area contributed by atoms with Gasteiger partial charge in [-0.1, -0.05) is 42.7 Å². The number of nitrogens with zero attached hydrogens (tertiary/aromatic N) is 2. The van der Waals surface area contributed by atoms with E-state index in [-0.39, 0.29) is 19.1 Å². The summed E-state index contributed by atoms with van der Waals surface area (Å²) in [5.74, 6) is -0.939. The van der Waals surface area contributed by atoms with Crippen LogP contribution in [0.15, 0.2) is 29.6 Å². The molecule has 1 aliphatic heterocycles. The van der Waals surface area contributed by atoms with E-state index in [4.69, 9.17) is 4.74 Å². The molecular weight excluding hydrogens is 378 g/mol. The first-order valence-corrected chi connectivity index (χ1v) is 10.2. The second kappa shape index (κ2) is 7.35. The molecule has 146 valence electrons. The van der Waals surface area contributed by atoms with Crippen LogP contribution in [0.3, 0.4) is 0 Å². The van der Waals surface area contributed by atoms with Gasteiger partial charge in [0.15, 0.2) is 0 Å². The first-order valence-electron chi connectivity index (χ1n) is 9.28. The van der Waals surface area contributed by atoms with E-state index in [1.807, 2.05) is 36.6 Å². The van der Waals surface area contributed by atoms with Gasteiger partial charge >= 0.3 is 12.0 Å². The Labute approximate surface area is 166 Å². The van der Waals surface area contributed by atoms with Crippen molar-refractivity contribution in [3.8, 4) is 10.6 Å². The highest BCUT2D eigenvalue weighted by Crippen LogP contribution is 2.35. The first kappa shape index (κ1) is 18.6. The molecule has 2 heterocycles. The molecule has 2 fully saturated rings. The van der Waals surface area contributed by atoms with Gasteiger partial charge in [-0.3, -0.25) is 14.5 Å². The second-order valence-electron chi connectivity index (χ2n) is 7.28. The van der Waals surface area contributed by atoms with Crippen LogP contribution in [0.1, 0.15) is 36.9 Å². The van der Waals surface area contributed by atoms with Gasteiger partial charge in [0.2, 0.25) is 0 Å². The number of nitrogens with one attached hydrogen (secondary N) is 1. The van der Waals surface area contributed by atoms with E-state index in [1.54, 1.807) is 0 Å². The Hall–Kier alpha value is -2.74. The van der Waals surface area contributed by atoms with Crippen LogP contribution in [0, 0.1) is 6.92 Å². The third kappa shape index (κ3) is 3.52. The molecule has 2 aromatic rings. The van der Waals surface area contributed by atoms with Gasteiger partial charge in [0.05, 0.1) is 5.69 Å². The number of carbonyl (C=O) groups is 3. The van der Waals surface area contributed by atoms with Crippen molar-refractivity contribution in [2.75, 3.05) is 6.54 Å². The van der Waals surface area contributed by atoms with Crippen molar-refractivity contribution in [1.29, 1.82) is 0 Å². The molecule has 0 atom stereocenters. The van der Waals surface area contributed by atoms with Crippen LogP contribution in [0.4, 0.5) is 4.79 Å². The standard InChI is InChI=1S/C20H21N3O4S/c1-13-4-6-14(7-5-13)17-21-15(12-28-17)11-27-16(24)10-23-18(25)20(22-19(23)26)8-2-3-9-20/h4-7,12H,2-3,8-11H2,1H3,(H,22,26). The molecule has 1 spiro atoms. The maximum atomic E-state index is 12.6. The Balaban J connectivity index is 1.33. The minimum absolute atomic E-state index is 0.00991. The molecule has 3 amide bonds. The number of thiazole rings is 1. The summed E-state index contributed by atoms with van der Waals surface area (Å²) in [6.45, 7) is 1.66. The number of esters is 1. The molecule has 4 rings (SSSR count). The molecule has 8 heteroatoms. The summed E-state index contributed by atoms with van der Waals surface area (Å²) in [5, 5.41) is 5.44. The van der Waals surface area contributed by atoms with Gasteiger partial charge in [0.25, 0.3) is 5.91 Å². The van der Waals surface area contributed by atoms with Crippen LogP contribution in [0.2, 0.25) is 0 Å². The van der Waals surface area contributed by atoms with E-state index in [2.05, 4.69) is 10.3 Å². The summed E-state index contributed by atoms with van der Waals surface area (Å²) in [5.41, 5.74) is 2.01. The third-order valence-electron chi connectivity index (χ3n) is 5.22. The number of aromatic nitrogens is 1. The lowest BCUT2D eigenvalue weighted by Crippen LogP contribution is -2.44. The Kier molecular flexibility index (Phi) is 4.89. The lowest BCUT2D eigenvalue weighted by Gasteiger charge is -2.19. The van der Waals surface area contributed by atoms with Crippen molar-refractivity contribution in [3.05, 3.63) is 40.9 Å². The fraction of sp³-hybridized carbons (Fsp3) is 0.400. The minimum atomic E-state index is -0.810. The topological polar surface area (TPSA) is 88.6 Å². The van der Waals surface area contributed by atoms with Gasteiger partial charge in [-0.05, 0) is 19.8 Å². The number of imide groups is 1. The SMILES string of the molecule is Cc1ccc(-c2nc(COC(=O)CN3C(=O)NC4(CCCC4)C3=O)cs2)cc1. The average molecular weight is 399 g/mol. The normalized spacial score (nSPS) is 18.0. The Morgan fingerprint density at radius 1 is 1.25 bits per heavy atom. The zero-order valence-corrected chi connectivity index (χ0v) is 16.4. The van der Waals surface area contributed by atoms with Crippen LogP contribution in [-0.2, 0) is 20.9 Å². The molecule has 1 aliphatic carbocycles. The summed E-state index contributed by atoms with van der Waals surface area (Å²) in [6.07, 6.45) is 3.06. The molecule has 7 nitrogen and oxygen atoms in total. The Morgan fingerprint density at radius 3 is 2.68 bits per heavy atom. The zero-order chi connectivity index (χ0) is 19.7. The predicted octanol–water partition coefficient (Wildman–Crippen LogP) is 3.03. The number of benzene rings is 1. The van der Waals surface area contributed by atoms with Crippen molar-refractivity contribution >= 4 is 29.2 Å². The molecule has 1 aromatic carbocycles. The fourth-order valence-electron chi connectivity index (χ4n) is 3.67. The largest absolute Gasteiger partial charge is 0.458 e. The van der Waals surface area contributed by atoms with Crippen LogP contribution in [-0.4, -0.2) is 39.9 Å².